The summed E-state index contributed by atoms with van der Waals surface area (Å²) in [6.45, 7) is 2.02. The number of benzene rings is 1. The summed E-state index contributed by atoms with van der Waals surface area (Å²) < 4.78 is 91.7. The van der Waals surface area contributed by atoms with E-state index < -0.39 is 41.0 Å². The van der Waals surface area contributed by atoms with Crippen molar-refractivity contribution in [2.24, 2.45) is 0 Å². The Kier molecular flexibility index (Phi) is 6.48. The van der Waals surface area contributed by atoms with Gasteiger partial charge in [0, 0.05) is 18.1 Å². The van der Waals surface area contributed by atoms with Crippen molar-refractivity contribution in [3.05, 3.63) is 42.7 Å². The fraction of sp³-hybridized carbons (Fsp3) is 0.286. The van der Waals surface area contributed by atoms with Crippen molar-refractivity contribution >= 4 is 41.9 Å². The van der Waals surface area contributed by atoms with E-state index in [0.29, 0.717) is 0 Å². The molecule has 0 saturated carbocycles. The minimum atomic E-state index is -4.73. The Morgan fingerprint density at radius 1 is 0.862 bits per heavy atom. The van der Waals surface area contributed by atoms with Crippen LogP contribution >= 0.6 is 0 Å². The van der Waals surface area contributed by atoms with E-state index in [4.69, 9.17) is 0 Å². The Balaban J connectivity index is 2.43. The summed E-state index contributed by atoms with van der Waals surface area (Å²) >= 11 is 0. The number of nitrogens with zero attached hydrogens (tertiary/aromatic N) is 3. The largest absolute Gasteiger partial charge is 0.334 e. The predicted molar refractivity (Wildman–Crippen MR) is 104 cm³/mol. The number of hydrogen-bond acceptors (Lipinski definition) is 9. The molecule has 12 nitrogen and oxygen atoms in total. The van der Waals surface area contributed by atoms with Crippen molar-refractivity contribution in [1.29, 1.82) is 0 Å². The van der Waals surface area contributed by atoms with Gasteiger partial charge < -0.3 is 4.90 Å². The molecule has 0 amide bonds. The second kappa shape index (κ2) is 8.19. The molecular formula is C14H18N4O8S3. The van der Waals surface area contributed by atoms with Crippen molar-refractivity contribution in [2.45, 2.75) is 29.5 Å². The zero-order chi connectivity index (χ0) is 22.0. The first-order chi connectivity index (χ1) is 13.2. The van der Waals surface area contributed by atoms with Crippen LogP contribution in [0.4, 0.5) is 11.6 Å². The van der Waals surface area contributed by atoms with E-state index in [9.17, 15) is 34.4 Å². The number of aromatic nitrogens is 2. The number of sulfonamides is 1. The van der Waals surface area contributed by atoms with Crippen LogP contribution in [-0.4, -0.2) is 55.1 Å². The van der Waals surface area contributed by atoms with E-state index in [1.165, 1.54) is 18.5 Å². The van der Waals surface area contributed by atoms with E-state index >= 15 is 0 Å². The summed E-state index contributed by atoms with van der Waals surface area (Å²) in [4.78, 5) is 7.95. The number of nitrogens with one attached hydrogen (secondary N) is 1. The Morgan fingerprint density at radius 3 is 1.72 bits per heavy atom. The molecule has 15 heteroatoms. The van der Waals surface area contributed by atoms with Crippen LogP contribution in [-0.2, 0) is 30.3 Å². The molecule has 0 aliphatic carbocycles. The van der Waals surface area contributed by atoms with Crippen LogP contribution in [0.3, 0.4) is 0 Å². The lowest BCUT2D eigenvalue weighted by Gasteiger charge is -2.33. The molecular weight excluding hydrogens is 448 g/mol. The minimum absolute atomic E-state index is 0.0739. The molecule has 160 valence electrons. The van der Waals surface area contributed by atoms with Gasteiger partial charge in [-0.3, -0.25) is 9.11 Å². The number of rotatable bonds is 8. The van der Waals surface area contributed by atoms with E-state index in [1.807, 2.05) is 0 Å². The van der Waals surface area contributed by atoms with Gasteiger partial charge in [0.05, 0.1) is 4.90 Å². The molecule has 2 atom stereocenters. The molecule has 1 aromatic carbocycles. The highest BCUT2D eigenvalue weighted by atomic mass is 32.2. The smallest absolute Gasteiger partial charge is 0.286 e. The third kappa shape index (κ3) is 5.60. The summed E-state index contributed by atoms with van der Waals surface area (Å²) in [5, 5.41) is -3.50. The van der Waals surface area contributed by atoms with E-state index in [1.54, 1.807) is 0 Å². The number of hydrogen-bond donors (Lipinski definition) is 3. The van der Waals surface area contributed by atoms with Crippen LogP contribution in [0.25, 0.3) is 0 Å². The summed E-state index contributed by atoms with van der Waals surface area (Å²) in [6.07, 6.45) is 2.67. The average Bonchev–Trinajstić information content (AvgIpc) is 2.61. The molecule has 0 radical (unpaired) electrons. The lowest BCUT2D eigenvalue weighted by molar-refractivity contribution is 0.452. The highest BCUT2D eigenvalue weighted by Gasteiger charge is 2.35. The van der Waals surface area contributed by atoms with Gasteiger partial charge in [-0.05, 0) is 44.2 Å². The first-order valence-electron chi connectivity index (χ1n) is 7.84. The molecule has 0 fully saturated rings. The summed E-state index contributed by atoms with van der Waals surface area (Å²) in [5.41, 5.74) is -0.0739. The van der Waals surface area contributed by atoms with Gasteiger partial charge in [-0.2, -0.15) is 16.8 Å². The predicted octanol–water partition coefficient (Wildman–Crippen LogP) is 0.551. The maximum Gasteiger partial charge on any atom is 0.286 e. The molecule has 29 heavy (non-hydrogen) atoms. The number of anilines is 2. The van der Waals surface area contributed by atoms with Crippen molar-refractivity contribution in [1.82, 2.24) is 9.97 Å². The maximum atomic E-state index is 12.4. The van der Waals surface area contributed by atoms with Crippen molar-refractivity contribution < 1.29 is 34.4 Å². The Bertz CT molecular complexity index is 1130. The van der Waals surface area contributed by atoms with Crippen LogP contribution < -0.4 is 9.62 Å². The molecule has 0 aliphatic rings. The monoisotopic (exact) mass is 466 g/mol. The molecule has 0 saturated heterocycles. The van der Waals surface area contributed by atoms with Gasteiger partial charge in [-0.15, -0.1) is 0 Å². The highest BCUT2D eigenvalue weighted by Crippen LogP contribution is 2.26. The van der Waals surface area contributed by atoms with Crippen LogP contribution in [0.15, 0.2) is 47.6 Å². The van der Waals surface area contributed by atoms with Gasteiger partial charge in [0.1, 0.15) is 0 Å². The quantitative estimate of drug-likeness (QED) is 0.461. The molecule has 3 N–H and O–H groups in total. The molecule has 2 aromatic rings. The summed E-state index contributed by atoms with van der Waals surface area (Å²) in [7, 11) is -13.5. The second-order valence-corrected chi connectivity index (χ2v) is 10.9. The first kappa shape index (κ1) is 23.0. The lowest BCUT2D eigenvalue weighted by atomic mass is 10.3. The van der Waals surface area contributed by atoms with E-state index in [-0.39, 0.29) is 16.5 Å². The van der Waals surface area contributed by atoms with E-state index in [2.05, 4.69) is 14.7 Å². The molecule has 0 bridgehead atoms. The van der Waals surface area contributed by atoms with Crippen molar-refractivity contribution in [3.8, 4) is 0 Å². The normalized spacial score (nSPS) is 14.8. The van der Waals surface area contributed by atoms with Crippen molar-refractivity contribution in [3.63, 3.8) is 0 Å². The zero-order valence-electron chi connectivity index (χ0n) is 15.1. The summed E-state index contributed by atoms with van der Waals surface area (Å²) in [5.74, 6) is -0.168. The van der Waals surface area contributed by atoms with Crippen LogP contribution in [0, 0.1) is 0 Å². The van der Waals surface area contributed by atoms with E-state index in [0.717, 1.165) is 43.0 Å². The Labute approximate surface area is 168 Å². The second-order valence-electron chi connectivity index (χ2n) is 5.81. The Hall–Kier alpha value is -2.33. The minimum Gasteiger partial charge on any atom is -0.334 e. The third-order valence-corrected chi connectivity index (χ3v) is 7.40. The fourth-order valence-corrected chi connectivity index (χ4v) is 4.55. The first-order valence-corrected chi connectivity index (χ1v) is 12.3. The molecule has 1 aromatic heterocycles. The lowest BCUT2D eigenvalue weighted by Crippen LogP contribution is -2.48. The molecule has 2 rings (SSSR count). The van der Waals surface area contributed by atoms with Gasteiger partial charge in [-0.1, -0.05) is 0 Å². The zero-order valence-corrected chi connectivity index (χ0v) is 17.6. The van der Waals surface area contributed by atoms with Gasteiger partial charge >= 0.3 is 0 Å². The summed E-state index contributed by atoms with van der Waals surface area (Å²) in [6, 6.07) is 5.92. The fourth-order valence-electron chi connectivity index (χ4n) is 2.33. The molecule has 0 spiro atoms. The SMILES string of the molecule is CC(N(c1ccc(S(=O)(=O)Nc2ncccn2)cc1)C(C)S(=O)(=O)O)S(=O)(=O)O. The molecule has 2 unspecified atom stereocenters. The third-order valence-electron chi connectivity index (χ3n) is 3.88. The highest BCUT2D eigenvalue weighted by molar-refractivity contribution is 7.92. The van der Waals surface area contributed by atoms with Crippen LogP contribution in [0.2, 0.25) is 0 Å². The van der Waals surface area contributed by atoms with Gasteiger partial charge in [-0.25, -0.2) is 23.1 Å². The van der Waals surface area contributed by atoms with Gasteiger partial charge in [0.25, 0.3) is 30.3 Å². The van der Waals surface area contributed by atoms with Crippen LogP contribution in [0.1, 0.15) is 13.8 Å². The van der Waals surface area contributed by atoms with Gasteiger partial charge in [0.2, 0.25) is 5.95 Å². The Morgan fingerprint density at radius 2 is 1.31 bits per heavy atom. The van der Waals surface area contributed by atoms with Crippen molar-refractivity contribution in [2.75, 3.05) is 9.62 Å². The molecule has 1 heterocycles. The standard InChI is InChI=1S/C14H18N4O8S3/c1-10(28(21,22)23)18(11(2)29(24,25)26)12-4-6-13(7-5-12)27(19,20)17-14-15-8-3-9-16-14/h3-11H,1-2H3,(H,15,16,17)(H,21,22,23)(H,24,25,26). The maximum absolute atomic E-state index is 12.4. The average molecular weight is 467 g/mol. The molecule has 0 aliphatic heterocycles. The van der Waals surface area contributed by atoms with Crippen LogP contribution in [0.5, 0.6) is 0 Å². The van der Waals surface area contributed by atoms with Gasteiger partial charge in [0.15, 0.2) is 10.7 Å². The topological polar surface area (TPSA) is 184 Å².